The van der Waals surface area contributed by atoms with E-state index in [-0.39, 0.29) is 0 Å². The van der Waals surface area contributed by atoms with Gasteiger partial charge < -0.3 is 4.74 Å². The monoisotopic (exact) mass is 364 g/mol. The van der Waals surface area contributed by atoms with Crippen LogP contribution in [0.5, 0.6) is 5.75 Å². The largest absolute Gasteiger partial charge is 0.486 e. The smallest absolute Gasteiger partial charge is 0.153 e. The fourth-order valence-corrected chi connectivity index (χ4v) is 3.33. The number of ether oxygens (including phenoxy) is 1. The summed E-state index contributed by atoms with van der Waals surface area (Å²) in [6.45, 7) is 0.348. The van der Waals surface area contributed by atoms with Gasteiger partial charge in [0.15, 0.2) is 6.29 Å². The standard InChI is InChI=1S/C12H7BrCl2O2S/c13-9-1-2-18-11(9)6-17-12-7(5-16)3-8(14)4-10(12)15/h1-5H,6H2. The zero-order valence-corrected chi connectivity index (χ0v) is 12.9. The van der Waals surface area contributed by atoms with Crippen LogP contribution in [0.25, 0.3) is 0 Å². The number of carbonyl (C=O) groups excluding carboxylic acids is 1. The molecule has 0 fully saturated rings. The molecule has 1 aromatic carbocycles. The van der Waals surface area contributed by atoms with Crippen molar-refractivity contribution >= 4 is 56.8 Å². The van der Waals surface area contributed by atoms with Crippen LogP contribution >= 0.6 is 50.5 Å². The van der Waals surface area contributed by atoms with Gasteiger partial charge in [0.05, 0.1) is 15.5 Å². The molecule has 0 amide bonds. The molecule has 0 radical (unpaired) electrons. The second kappa shape index (κ2) is 6.06. The van der Waals surface area contributed by atoms with Gasteiger partial charge in [0.1, 0.15) is 12.4 Å². The van der Waals surface area contributed by atoms with Gasteiger partial charge in [-0.1, -0.05) is 23.2 Å². The SMILES string of the molecule is O=Cc1cc(Cl)cc(Cl)c1OCc1sccc1Br. The summed E-state index contributed by atoms with van der Waals surface area (Å²) in [5, 5.41) is 2.69. The average Bonchev–Trinajstić information content (AvgIpc) is 2.73. The lowest BCUT2D eigenvalue weighted by Gasteiger charge is -2.10. The number of halogens is 3. The Balaban J connectivity index is 2.24. The van der Waals surface area contributed by atoms with Gasteiger partial charge in [-0.15, -0.1) is 11.3 Å². The first-order valence-corrected chi connectivity index (χ1v) is 7.33. The number of thiophene rings is 1. The molecule has 1 aromatic heterocycles. The zero-order chi connectivity index (χ0) is 13.1. The molecule has 0 saturated carbocycles. The van der Waals surface area contributed by atoms with Crippen molar-refractivity contribution in [3.8, 4) is 5.75 Å². The number of carbonyl (C=O) groups is 1. The second-order valence-corrected chi connectivity index (χ2v) is 6.10. The maximum absolute atomic E-state index is 11.0. The van der Waals surface area contributed by atoms with Gasteiger partial charge in [0.25, 0.3) is 0 Å². The molecule has 1 heterocycles. The molecule has 2 aromatic rings. The fourth-order valence-electron chi connectivity index (χ4n) is 1.39. The summed E-state index contributed by atoms with van der Waals surface area (Å²) in [6.07, 6.45) is 0.677. The topological polar surface area (TPSA) is 26.3 Å². The van der Waals surface area contributed by atoms with Gasteiger partial charge in [-0.2, -0.15) is 0 Å². The van der Waals surface area contributed by atoms with E-state index in [4.69, 9.17) is 27.9 Å². The summed E-state index contributed by atoms with van der Waals surface area (Å²) in [7, 11) is 0. The third-order valence-electron chi connectivity index (χ3n) is 2.20. The summed E-state index contributed by atoms with van der Waals surface area (Å²) >= 11 is 16.8. The van der Waals surface area contributed by atoms with Gasteiger partial charge in [0.2, 0.25) is 0 Å². The van der Waals surface area contributed by atoms with Crippen molar-refractivity contribution in [1.82, 2.24) is 0 Å². The van der Waals surface area contributed by atoms with Gasteiger partial charge in [-0.3, -0.25) is 4.79 Å². The van der Waals surface area contributed by atoms with Gasteiger partial charge in [-0.25, -0.2) is 0 Å². The van der Waals surface area contributed by atoms with E-state index in [9.17, 15) is 4.79 Å². The van der Waals surface area contributed by atoms with Crippen LogP contribution in [0, 0.1) is 0 Å². The Morgan fingerprint density at radius 3 is 2.78 bits per heavy atom. The van der Waals surface area contributed by atoms with Crippen LogP contribution in [0.15, 0.2) is 28.1 Å². The van der Waals surface area contributed by atoms with E-state index in [0.29, 0.717) is 34.3 Å². The maximum Gasteiger partial charge on any atom is 0.153 e. The molecule has 0 aliphatic heterocycles. The summed E-state index contributed by atoms with van der Waals surface area (Å²) in [5.41, 5.74) is 0.347. The second-order valence-electron chi connectivity index (χ2n) is 3.40. The van der Waals surface area contributed by atoms with E-state index >= 15 is 0 Å². The predicted octanol–water partition coefficient (Wildman–Crippen LogP) is 5.21. The number of rotatable bonds is 4. The molecule has 94 valence electrons. The Morgan fingerprint density at radius 2 is 2.17 bits per heavy atom. The minimum atomic E-state index is 0.331. The molecule has 0 saturated heterocycles. The Hall–Kier alpha value is -0.550. The van der Waals surface area contributed by atoms with E-state index in [2.05, 4.69) is 15.9 Å². The van der Waals surface area contributed by atoms with Crippen molar-refractivity contribution in [3.63, 3.8) is 0 Å². The molecular formula is C12H7BrCl2O2S. The molecule has 2 rings (SSSR count). The number of hydrogen-bond donors (Lipinski definition) is 0. The molecule has 18 heavy (non-hydrogen) atoms. The molecule has 0 atom stereocenters. The van der Waals surface area contributed by atoms with Gasteiger partial charge >= 0.3 is 0 Å². The van der Waals surface area contributed by atoms with Crippen molar-refractivity contribution in [1.29, 1.82) is 0 Å². The maximum atomic E-state index is 11.0. The zero-order valence-electron chi connectivity index (χ0n) is 8.95. The van der Waals surface area contributed by atoms with Crippen LogP contribution < -0.4 is 4.74 Å². The van der Waals surface area contributed by atoms with E-state index in [1.54, 1.807) is 17.4 Å². The first kappa shape index (κ1) is 13.9. The van der Waals surface area contributed by atoms with E-state index in [1.165, 1.54) is 6.07 Å². The highest BCUT2D eigenvalue weighted by Gasteiger charge is 2.11. The normalized spacial score (nSPS) is 10.4. The molecule has 0 spiro atoms. The summed E-state index contributed by atoms with van der Waals surface area (Å²) < 4.78 is 6.57. The summed E-state index contributed by atoms with van der Waals surface area (Å²) in [4.78, 5) is 12.0. The first-order valence-electron chi connectivity index (χ1n) is 4.90. The Bertz CT molecular complexity index is 583. The lowest BCUT2D eigenvalue weighted by atomic mass is 10.2. The van der Waals surface area contributed by atoms with Crippen LogP contribution in [0.3, 0.4) is 0 Å². The summed E-state index contributed by atoms with van der Waals surface area (Å²) in [5.74, 6) is 0.358. The minimum absolute atomic E-state index is 0.331. The summed E-state index contributed by atoms with van der Waals surface area (Å²) in [6, 6.07) is 5.02. The van der Waals surface area contributed by atoms with Crippen molar-refractivity contribution in [2.75, 3.05) is 0 Å². The quantitative estimate of drug-likeness (QED) is 0.695. The molecule has 0 aliphatic rings. The minimum Gasteiger partial charge on any atom is -0.486 e. The molecule has 0 aliphatic carbocycles. The highest BCUT2D eigenvalue weighted by Crippen LogP contribution is 2.33. The van der Waals surface area contributed by atoms with Crippen LogP contribution in [-0.4, -0.2) is 6.29 Å². The van der Waals surface area contributed by atoms with Crippen molar-refractivity contribution in [2.24, 2.45) is 0 Å². The van der Waals surface area contributed by atoms with Crippen molar-refractivity contribution in [2.45, 2.75) is 6.61 Å². The third kappa shape index (κ3) is 3.06. The van der Waals surface area contributed by atoms with Gasteiger partial charge in [0, 0.05) is 9.50 Å². The van der Waals surface area contributed by atoms with E-state index < -0.39 is 0 Å². The molecule has 0 unspecified atom stereocenters. The van der Waals surface area contributed by atoms with Crippen LogP contribution in [0.1, 0.15) is 15.2 Å². The molecular weight excluding hydrogens is 359 g/mol. The number of benzene rings is 1. The van der Waals surface area contributed by atoms with Crippen LogP contribution in [0.2, 0.25) is 10.0 Å². The molecule has 2 nitrogen and oxygen atoms in total. The molecule has 0 N–H and O–H groups in total. The van der Waals surface area contributed by atoms with Crippen LogP contribution in [0.4, 0.5) is 0 Å². The van der Waals surface area contributed by atoms with Crippen molar-refractivity contribution in [3.05, 3.63) is 48.5 Å². The molecule has 6 heteroatoms. The number of hydrogen-bond acceptors (Lipinski definition) is 3. The Kier molecular flexibility index (Phi) is 4.67. The molecule has 0 bridgehead atoms. The van der Waals surface area contributed by atoms with Gasteiger partial charge in [-0.05, 0) is 39.5 Å². The highest BCUT2D eigenvalue weighted by molar-refractivity contribution is 9.10. The fraction of sp³-hybridized carbons (Fsp3) is 0.0833. The lowest BCUT2D eigenvalue weighted by Crippen LogP contribution is -1.98. The van der Waals surface area contributed by atoms with Crippen molar-refractivity contribution < 1.29 is 9.53 Å². The third-order valence-corrected chi connectivity index (χ3v) is 4.60. The Morgan fingerprint density at radius 1 is 1.39 bits per heavy atom. The van der Waals surface area contributed by atoms with E-state index in [1.807, 2.05) is 11.4 Å². The highest BCUT2D eigenvalue weighted by atomic mass is 79.9. The Labute approximate surface area is 127 Å². The predicted molar refractivity (Wildman–Crippen MR) is 78.2 cm³/mol. The van der Waals surface area contributed by atoms with Crippen LogP contribution in [-0.2, 0) is 6.61 Å². The van der Waals surface area contributed by atoms with E-state index in [0.717, 1.165) is 9.35 Å². The number of aldehydes is 1. The average molecular weight is 366 g/mol. The lowest BCUT2D eigenvalue weighted by molar-refractivity contribution is 0.111. The first-order chi connectivity index (χ1) is 8.61.